The van der Waals surface area contributed by atoms with E-state index in [1.54, 1.807) is 4.90 Å². The smallest absolute Gasteiger partial charge is 0.406 e. The quantitative estimate of drug-likeness (QED) is 0.794. The van der Waals surface area contributed by atoms with Gasteiger partial charge in [-0.05, 0) is 49.1 Å². The van der Waals surface area contributed by atoms with E-state index in [0.717, 1.165) is 5.56 Å². The van der Waals surface area contributed by atoms with Crippen molar-refractivity contribution in [1.82, 2.24) is 10.2 Å². The number of piperidine rings is 1. The van der Waals surface area contributed by atoms with E-state index < -0.39 is 6.36 Å². The lowest BCUT2D eigenvalue weighted by atomic mass is 9.95. The molecule has 5 nitrogen and oxygen atoms in total. The van der Waals surface area contributed by atoms with Crippen molar-refractivity contribution in [3.8, 4) is 5.75 Å². The number of carbonyl (C=O) groups is 2. The van der Waals surface area contributed by atoms with Crippen LogP contribution in [0.2, 0.25) is 0 Å². The van der Waals surface area contributed by atoms with Crippen molar-refractivity contribution in [2.24, 2.45) is 5.92 Å². The molecule has 0 radical (unpaired) electrons. The Morgan fingerprint density at radius 2 is 1.70 bits per heavy atom. The highest BCUT2D eigenvalue weighted by Gasteiger charge is 2.31. The molecule has 0 atom stereocenters. The predicted molar refractivity (Wildman–Crippen MR) is 105 cm³/mol. The summed E-state index contributed by atoms with van der Waals surface area (Å²) in [5.74, 6) is -0.635. The Labute approximate surface area is 172 Å². The largest absolute Gasteiger partial charge is 0.573 e. The average molecular weight is 420 g/mol. The molecular weight excluding hydrogens is 397 g/mol. The first-order valence-electron chi connectivity index (χ1n) is 9.70. The molecule has 2 aromatic rings. The number of hydrogen-bond acceptors (Lipinski definition) is 3. The summed E-state index contributed by atoms with van der Waals surface area (Å²) in [6.07, 6.45) is -3.59. The highest BCUT2D eigenvalue weighted by atomic mass is 19.4. The maximum Gasteiger partial charge on any atom is 0.573 e. The Hall–Kier alpha value is -3.03. The molecule has 1 aliphatic rings. The summed E-state index contributed by atoms with van der Waals surface area (Å²) in [6.45, 7) is 3.13. The van der Waals surface area contributed by atoms with Gasteiger partial charge >= 0.3 is 6.36 Å². The number of alkyl halides is 3. The molecule has 1 heterocycles. The van der Waals surface area contributed by atoms with E-state index in [1.807, 2.05) is 31.2 Å². The Morgan fingerprint density at radius 1 is 1.07 bits per heavy atom. The minimum absolute atomic E-state index is 0.0203. The summed E-state index contributed by atoms with van der Waals surface area (Å²) >= 11 is 0. The number of aryl methyl sites for hydroxylation is 1. The van der Waals surface area contributed by atoms with Crippen LogP contribution in [-0.2, 0) is 11.3 Å². The molecule has 160 valence electrons. The number of carbonyl (C=O) groups excluding carboxylic acids is 2. The fourth-order valence-corrected chi connectivity index (χ4v) is 3.47. The summed E-state index contributed by atoms with van der Waals surface area (Å²) < 4.78 is 40.4. The number of hydrogen-bond donors (Lipinski definition) is 1. The molecule has 30 heavy (non-hydrogen) atoms. The average Bonchev–Trinajstić information content (AvgIpc) is 2.72. The number of benzene rings is 2. The molecular formula is C22H23F3N2O3. The molecule has 0 aromatic heterocycles. The molecule has 0 bridgehead atoms. The molecule has 1 saturated heterocycles. The van der Waals surface area contributed by atoms with E-state index in [9.17, 15) is 22.8 Å². The second-order valence-corrected chi connectivity index (χ2v) is 7.29. The SMILES string of the molecule is Cc1ccccc1C(=O)N1CCC(C(=O)NCc2ccc(OC(F)(F)F)cc2)CC1. The third kappa shape index (κ3) is 5.75. The van der Waals surface area contributed by atoms with E-state index in [0.29, 0.717) is 37.1 Å². The molecule has 1 fully saturated rings. The molecule has 1 N–H and O–H groups in total. The molecule has 0 saturated carbocycles. The van der Waals surface area contributed by atoms with Gasteiger partial charge in [-0.15, -0.1) is 13.2 Å². The zero-order valence-electron chi connectivity index (χ0n) is 16.5. The van der Waals surface area contributed by atoms with Gasteiger partial charge in [0.1, 0.15) is 5.75 Å². The van der Waals surface area contributed by atoms with Crippen LogP contribution in [0.15, 0.2) is 48.5 Å². The Kier molecular flexibility index (Phi) is 6.64. The van der Waals surface area contributed by atoms with E-state index >= 15 is 0 Å². The van der Waals surface area contributed by atoms with Gasteiger partial charge in [0.15, 0.2) is 0 Å². The topological polar surface area (TPSA) is 58.6 Å². The van der Waals surface area contributed by atoms with E-state index in [-0.39, 0.29) is 30.0 Å². The van der Waals surface area contributed by atoms with Crippen molar-refractivity contribution in [3.05, 3.63) is 65.2 Å². The van der Waals surface area contributed by atoms with E-state index in [1.165, 1.54) is 24.3 Å². The van der Waals surface area contributed by atoms with Crippen LogP contribution < -0.4 is 10.1 Å². The molecule has 0 spiro atoms. The van der Waals surface area contributed by atoms with Crippen LogP contribution >= 0.6 is 0 Å². The highest BCUT2D eigenvalue weighted by Crippen LogP contribution is 2.23. The van der Waals surface area contributed by atoms with Crippen molar-refractivity contribution in [1.29, 1.82) is 0 Å². The second kappa shape index (κ2) is 9.19. The van der Waals surface area contributed by atoms with Crippen LogP contribution in [-0.4, -0.2) is 36.2 Å². The first kappa shape index (κ1) is 21.7. The van der Waals surface area contributed by atoms with Gasteiger partial charge in [0, 0.05) is 31.1 Å². The first-order valence-corrected chi connectivity index (χ1v) is 9.70. The Bertz CT molecular complexity index is 889. The zero-order valence-corrected chi connectivity index (χ0v) is 16.5. The lowest BCUT2D eigenvalue weighted by Crippen LogP contribution is -2.43. The van der Waals surface area contributed by atoms with Crippen LogP contribution in [0.3, 0.4) is 0 Å². The zero-order chi connectivity index (χ0) is 21.7. The maximum atomic E-state index is 12.7. The van der Waals surface area contributed by atoms with Crippen LogP contribution in [0.4, 0.5) is 13.2 Å². The maximum absolute atomic E-state index is 12.7. The molecule has 3 rings (SSSR count). The van der Waals surface area contributed by atoms with Gasteiger partial charge in [-0.2, -0.15) is 0 Å². The number of nitrogens with one attached hydrogen (secondary N) is 1. The first-order chi connectivity index (χ1) is 14.2. The summed E-state index contributed by atoms with van der Waals surface area (Å²) in [5, 5.41) is 2.82. The van der Waals surface area contributed by atoms with E-state index in [4.69, 9.17) is 0 Å². The lowest BCUT2D eigenvalue weighted by Gasteiger charge is -2.31. The third-order valence-electron chi connectivity index (χ3n) is 5.15. The number of likely N-dealkylation sites (tertiary alicyclic amines) is 1. The van der Waals surface area contributed by atoms with Gasteiger partial charge < -0.3 is 15.0 Å². The highest BCUT2D eigenvalue weighted by molar-refractivity contribution is 5.95. The van der Waals surface area contributed by atoms with Gasteiger partial charge in [0.2, 0.25) is 5.91 Å². The molecule has 0 unspecified atom stereocenters. The van der Waals surface area contributed by atoms with Gasteiger partial charge in [0.25, 0.3) is 5.91 Å². The minimum atomic E-state index is -4.73. The van der Waals surface area contributed by atoms with Crippen LogP contribution in [0, 0.1) is 12.8 Å². The van der Waals surface area contributed by atoms with Crippen molar-refractivity contribution < 1.29 is 27.5 Å². The number of ether oxygens (including phenoxy) is 1. The fraction of sp³-hybridized carbons (Fsp3) is 0.364. The van der Waals surface area contributed by atoms with Crippen molar-refractivity contribution >= 4 is 11.8 Å². The van der Waals surface area contributed by atoms with Gasteiger partial charge in [-0.25, -0.2) is 0 Å². The standard InChI is InChI=1S/C22H23F3N2O3/c1-15-4-2-3-5-19(15)21(29)27-12-10-17(11-13-27)20(28)26-14-16-6-8-18(9-7-16)30-22(23,24)25/h2-9,17H,10-14H2,1H3,(H,26,28). The van der Waals surface area contributed by atoms with Gasteiger partial charge in [-0.3, -0.25) is 9.59 Å². The molecule has 1 aliphatic heterocycles. The number of halogens is 3. The van der Waals surface area contributed by atoms with Crippen LogP contribution in [0.5, 0.6) is 5.75 Å². The fourth-order valence-electron chi connectivity index (χ4n) is 3.47. The number of rotatable bonds is 5. The molecule has 0 aliphatic carbocycles. The number of amides is 2. The van der Waals surface area contributed by atoms with Crippen LogP contribution in [0.25, 0.3) is 0 Å². The number of nitrogens with zero attached hydrogens (tertiary/aromatic N) is 1. The van der Waals surface area contributed by atoms with Crippen molar-refractivity contribution in [2.75, 3.05) is 13.1 Å². The summed E-state index contributed by atoms with van der Waals surface area (Å²) in [6, 6.07) is 12.8. The molecule has 8 heteroatoms. The molecule has 2 aromatic carbocycles. The summed E-state index contributed by atoms with van der Waals surface area (Å²) in [5.41, 5.74) is 2.28. The second-order valence-electron chi connectivity index (χ2n) is 7.29. The minimum Gasteiger partial charge on any atom is -0.406 e. The summed E-state index contributed by atoms with van der Waals surface area (Å²) in [7, 11) is 0. The Balaban J connectivity index is 1.46. The predicted octanol–water partition coefficient (Wildman–Crippen LogP) is 4.06. The van der Waals surface area contributed by atoms with Crippen molar-refractivity contribution in [3.63, 3.8) is 0 Å². The normalized spacial score (nSPS) is 15.0. The van der Waals surface area contributed by atoms with Gasteiger partial charge in [-0.1, -0.05) is 30.3 Å². The lowest BCUT2D eigenvalue weighted by molar-refractivity contribution is -0.274. The summed E-state index contributed by atoms with van der Waals surface area (Å²) in [4.78, 5) is 26.9. The Morgan fingerprint density at radius 3 is 2.30 bits per heavy atom. The third-order valence-corrected chi connectivity index (χ3v) is 5.15. The van der Waals surface area contributed by atoms with E-state index in [2.05, 4.69) is 10.1 Å². The molecule has 2 amide bonds. The monoisotopic (exact) mass is 420 g/mol. The van der Waals surface area contributed by atoms with Crippen molar-refractivity contribution in [2.45, 2.75) is 32.7 Å². The van der Waals surface area contributed by atoms with Gasteiger partial charge in [0.05, 0.1) is 0 Å². The van der Waals surface area contributed by atoms with Crippen LogP contribution in [0.1, 0.15) is 34.3 Å².